The first kappa shape index (κ1) is 6.21. The number of fused-ring (bicyclic) bond motifs is 5. The molecular weight excluding hydrogens is 140 g/mol. The first-order valence-corrected chi connectivity index (χ1v) is 4.34. The summed E-state index contributed by atoms with van der Waals surface area (Å²) in [7, 11) is 0. The molecule has 0 amide bonds. The van der Waals surface area contributed by atoms with Crippen LogP contribution >= 0.6 is 0 Å². The summed E-state index contributed by atoms with van der Waals surface area (Å²) in [5, 5.41) is 9.47. The number of rotatable bonds is 0. The number of allylic oxidation sites excluding steroid dienone is 2. The van der Waals surface area contributed by atoms with Gasteiger partial charge in [0.25, 0.3) is 0 Å². The largest absolute Gasteiger partial charge is 0.368 e. The highest BCUT2D eigenvalue weighted by molar-refractivity contribution is 5.15. The average molecular weight is 152 g/mol. The Balaban J connectivity index is 1.97. The summed E-state index contributed by atoms with van der Waals surface area (Å²) in [6.07, 6.45) is 5.34. The lowest BCUT2D eigenvalue weighted by Crippen LogP contribution is -2.23. The number of aliphatic hydroxyl groups excluding tert-OH is 1. The Bertz CT molecular complexity index is 212. The lowest BCUT2D eigenvalue weighted by atomic mass is 9.85. The van der Waals surface area contributed by atoms with Crippen molar-refractivity contribution >= 4 is 0 Å². The minimum atomic E-state index is -0.472. The lowest BCUT2D eigenvalue weighted by molar-refractivity contribution is -0.0885. The summed E-state index contributed by atoms with van der Waals surface area (Å²) < 4.78 is 5.22. The fourth-order valence-corrected chi connectivity index (χ4v) is 2.94. The summed E-state index contributed by atoms with van der Waals surface area (Å²) in [4.78, 5) is 0. The number of ether oxygens (including phenoxy) is 1. The van der Waals surface area contributed by atoms with Gasteiger partial charge in [-0.3, -0.25) is 0 Å². The minimum Gasteiger partial charge on any atom is -0.368 e. The van der Waals surface area contributed by atoms with Gasteiger partial charge in [-0.2, -0.15) is 0 Å². The van der Waals surface area contributed by atoms with E-state index in [0.29, 0.717) is 23.7 Å². The molecule has 2 bridgehead atoms. The van der Waals surface area contributed by atoms with Gasteiger partial charge < -0.3 is 9.84 Å². The molecule has 1 N–H and O–H groups in total. The Morgan fingerprint density at radius 1 is 1.27 bits per heavy atom. The molecule has 3 rings (SSSR count). The van der Waals surface area contributed by atoms with Crippen molar-refractivity contribution in [3.05, 3.63) is 12.2 Å². The molecule has 11 heavy (non-hydrogen) atoms. The van der Waals surface area contributed by atoms with Gasteiger partial charge in [-0.05, 0) is 24.2 Å². The molecule has 1 saturated carbocycles. The molecule has 0 aromatic heterocycles. The van der Waals surface area contributed by atoms with E-state index in [1.807, 2.05) is 0 Å². The van der Waals surface area contributed by atoms with E-state index in [1.165, 1.54) is 6.42 Å². The van der Waals surface area contributed by atoms with Crippen molar-refractivity contribution in [2.24, 2.45) is 23.7 Å². The van der Waals surface area contributed by atoms with E-state index in [0.717, 1.165) is 6.61 Å². The third kappa shape index (κ3) is 0.644. The predicted molar refractivity (Wildman–Crippen MR) is 39.7 cm³/mol. The van der Waals surface area contributed by atoms with E-state index in [2.05, 4.69) is 12.2 Å². The number of hydrogen-bond donors (Lipinski definition) is 1. The van der Waals surface area contributed by atoms with E-state index < -0.39 is 6.29 Å². The van der Waals surface area contributed by atoms with Crippen LogP contribution in [0.1, 0.15) is 6.42 Å². The second kappa shape index (κ2) is 1.87. The van der Waals surface area contributed by atoms with Crippen LogP contribution in [0.2, 0.25) is 0 Å². The Morgan fingerprint density at radius 3 is 2.91 bits per heavy atom. The summed E-state index contributed by atoms with van der Waals surface area (Å²) in [5.74, 6) is 2.37. The van der Waals surface area contributed by atoms with Gasteiger partial charge in [0.15, 0.2) is 6.29 Å². The van der Waals surface area contributed by atoms with Crippen molar-refractivity contribution in [1.29, 1.82) is 0 Å². The SMILES string of the molecule is O[C@H]1OC[C@@H]2[C@H]1[C@H]1C=C[C@@H]2C1. The van der Waals surface area contributed by atoms with Crippen molar-refractivity contribution in [3.63, 3.8) is 0 Å². The summed E-state index contributed by atoms with van der Waals surface area (Å²) in [6.45, 7) is 0.775. The normalized spacial score (nSPS) is 58.8. The van der Waals surface area contributed by atoms with Crippen LogP contribution in [0.4, 0.5) is 0 Å². The standard InChI is InChI=1S/C9H12O2/c10-9-8-6-2-1-5(3-6)7(8)4-11-9/h1-2,5-10H,3-4H2/t5-,6+,7+,8-,9+/m1/s1. The Hall–Kier alpha value is -0.340. The quantitative estimate of drug-likeness (QED) is 0.519. The molecule has 0 aromatic rings. The summed E-state index contributed by atoms with van der Waals surface area (Å²) in [5.41, 5.74) is 0. The Kier molecular flexibility index (Phi) is 1.06. The van der Waals surface area contributed by atoms with Crippen LogP contribution in [0.15, 0.2) is 12.2 Å². The maximum absolute atomic E-state index is 9.47. The lowest BCUT2D eigenvalue weighted by Gasteiger charge is -2.19. The smallest absolute Gasteiger partial charge is 0.158 e. The fourth-order valence-electron chi connectivity index (χ4n) is 2.94. The molecule has 5 atom stereocenters. The van der Waals surface area contributed by atoms with Crippen LogP contribution in [0.25, 0.3) is 0 Å². The molecule has 1 aliphatic heterocycles. The minimum absolute atomic E-state index is 0.421. The second-order valence-electron chi connectivity index (χ2n) is 3.91. The van der Waals surface area contributed by atoms with Crippen molar-refractivity contribution in [1.82, 2.24) is 0 Å². The van der Waals surface area contributed by atoms with Gasteiger partial charge in [-0.1, -0.05) is 12.2 Å². The van der Waals surface area contributed by atoms with Crippen LogP contribution in [-0.4, -0.2) is 18.0 Å². The molecule has 0 aromatic carbocycles. The first-order chi connectivity index (χ1) is 5.36. The van der Waals surface area contributed by atoms with E-state index in [9.17, 15) is 5.11 Å². The van der Waals surface area contributed by atoms with Gasteiger partial charge in [0.2, 0.25) is 0 Å². The van der Waals surface area contributed by atoms with Crippen molar-refractivity contribution in [3.8, 4) is 0 Å². The van der Waals surface area contributed by atoms with Crippen LogP contribution in [0.5, 0.6) is 0 Å². The highest BCUT2D eigenvalue weighted by atomic mass is 16.6. The molecule has 0 radical (unpaired) electrons. The maximum Gasteiger partial charge on any atom is 0.158 e. The molecular formula is C9H12O2. The van der Waals surface area contributed by atoms with Gasteiger partial charge in [0, 0.05) is 5.92 Å². The predicted octanol–water partition coefficient (Wildman–Crippen LogP) is 0.773. The molecule has 1 heterocycles. The summed E-state index contributed by atoms with van der Waals surface area (Å²) >= 11 is 0. The van der Waals surface area contributed by atoms with Crippen LogP contribution in [0, 0.1) is 23.7 Å². The zero-order valence-corrected chi connectivity index (χ0v) is 6.31. The highest BCUT2D eigenvalue weighted by Crippen LogP contribution is 2.52. The monoisotopic (exact) mass is 152 g/mol. The van der Waals surface area contributed by atoms with E-state index in [1.54, 1.807) is 0 Å². The average Bonchev–Trinajstić information content (AvgIpc) is 2.60. The summed E-state index contributed by atoms with van der Waals surface area (Å²) in [6, 6.07) is 0. The Morgan fingerprint density at radius 2 is 2.09 bits per heavy atom. The van der Waals surface area contributed by atoms with Crippen molar-refractivity contribution in [2.75, 3.05) is 6.61 Å². The molecule has 2 fully saturated rings. The zero-order valence-electron chi connectivity index (χ0n) is 6.31. The van der Waals surface area contributed by atoms with Crippen molar-refractivity contribution in [2.45, 2.75) is 12.7 Å². The van der Waals surface area contributed by atoms with Crippen molar-refractivity contribution < 1.29 is 9.84 Å². The first-order valence-electron chi connectivity index (χ1n) is 4.34. The molecule has 2 aliphatic carbocycles. The number of aliphatic hydroxyl groups is 1. The van der Waals surface area contributed by atoms with Crippen LogP contribution in [-0.2, 0) is 4.74 Å². The van der Waals surface area contributed by atoms with Crippen LogP contribution < -0.4 is 0 Å². The molecule has 2 nitrogen and oxygen atoms in total. The fraction of sp³-hybridized carbons (Fsp3) is 0.778. The molecule has 2 heteroatoms. The molecule has 60 valence electrons. The zero-order chi connectivity index (χ0) is 7.42. The second-order valence-corrected chi connectivity index (χ2v) is 3.91. The van der Waals surface area contributed by atoms with Gasteiger partial charge in [0.1, 0.15) is 0 Å². The van der Waals surface area contributed by atoms with E-state index >= 15 is 0 Å². The van der Waals surface area contributed by atoms with E-state index in [-0.39, 0.29) is 0 Å². The highest BCUT2D eigenvalue weighted by Gasteiger charge is 2.51. The van der Waals surface area contributed by atoms with Gasteiger partial charge >= 0.3 is 0 Å². The number of hydrogen-bond acceptors (Lipinski definition) is 2. The molecule has 3 aliphatic rings. The third-order valence-corrected chi connectivity index (χ3v) is 3.48. The maximum atomic E-state index is 9.47. The third-order valence-electron chi connectivity index (χ3n) is 3.48. The molecule has 0 spiro atoms. The van der Waals surface area contributed by atoms with Gasteiger partial charge in [0.05, 0.1) is 6.61 Å². The van der Waals surface area contributed by atoms with E-state index in [4.69, 9.17) is 4.74 Å². The Labute approximate surface area is 65.9 Å². The van der Waals surface area contributed by atoms with Crippen LogP contribution in [0.3, 0.4) is 0 Å². The van der Waals surface area contributed by atoms with Gasteiger partial charge in [-0.25, -0.2) is 0 Å². The topological polar surface area (TPSA) is 29.5 Å². The molecule has 0 unspecified atom stereocenters. The molecule has 1 saturated heterocycles. The van der Waals surface area contributed by atoms with Gasteiger partial charge in [-0.15, -0.1) is 0 Å².